The summed E-state index contributed by atoms with van der Waals surface area (Å²) in [7, 11) is 0. The zero-order valence-electron chi connectivity index (χ0n) is 9.75. The van der Waals surface area contributed by atoms with Gasteiger partial charge in [0.25, 0.3) is 0 Å². The summed E-state index contributed by atoms with van der Waals surface area (Å²) in [5.74, 6) is -0.380. The van der Waals surface area contributed by atoms with E-state index in [2.05, 4.69) is 4.90 Å². The highest BCUT2D eigenvalue weighted by molar-refractivity contribution is 7.80. The van der Waals surface area contributed by atoms with Crippen LogP contribution in [0.1, 0.15) is 18.9 Å². The number of hydrogen-bond acceptors (Lipinski definition) is 2. The van der Waals surface area contributed by atoms with Crippen LogP contribution in [-0.4, -0.2) is 23.0 Å². The molecule has 0 spiro atoms. The average molecular weight is 275 g/mol. The minimum absolute atomic E-state index is 0.153. The van der Waals surface area contributed by atoms with Crippen molar-refractivity contribution in [2.45, 2.75) is 19.9 Å². The first kappa shape index (κ1) is 14.4. The van der Waals surface area contributed by atoms with Crippen molar-refractivity contribution in [3.63, 3.8) is 0 Å². The van der Waals surface area contributed by atoms with Crippen LogP contribution in [0.2, 0.25) is 5.02 Å². The Morgan fingerprint density at radius 3 is 2.76 bits per heavy atom. The average Bonchev–Trinajstić information content (AvgIpc) is 2.28. The molecule has 0 aliphatic carbocycles. The van der Waals surface area contributed by atoms with Gasteiger partial charge in [-0.15, -0.1) is 0 Å². The van der Waals surface area contributed by atoms with Gasteiger partial charge in [-0.1, -0.05) is 36.8 Å². The van der Waals surface area contributed by atoms with Gasteiger partial charge in [-0.05, 0) is 24.2 Å². The van der Waals surface area contributed by atoms with E-state index in [9.17, 15) is 4.39 Å². The van der Waals surface area contributed by atoms with Crippen LogP contribution in [-0.2, 0) is 6.54 Å². The van der Waals surface area contributed by atoms with E-state index in [4.69, 9.17) is 29.6 Å². The zero-order valence-corrected chi connectivity index (χ0v) is 11.3. The molecule has 0 aliphatic heterocycles. The van der Waals surface area contributed by atoms with E-state index in [0.717, 1.165) is 18.7 Å². The molecule has 0 bridgehead atoms. The Kier molecular flexibility index (Phi) is 5.82. The minimum Gasteiger partial charge on any atom is -0.393 e. The molecule has 0 aromatic heterocycles. The molecule has 2 N–H and O–H groups in total. The van der Waals surface area contributed by atoms with Crippen molar-refractivity contribution in [2.24, 2.45) is 5.73 Å². The van der Waals surface area contributed by atoms with Gasteiger partial charge in [-0.2, -0.15) is 0 Å². The van der Waals surface area contributed by atoms with E-state index in [0.29, 0.717) is 18.0 Å². The molecule has 0 aliphatic rings. The lowest BCUT2D eigenvalue weighted by Gasteiger charge is -2.20. The highest BCUT2D eigenvalue weighted by Gasteiger charge is 2.06. The molecule has 0 saturated heterocycles. The fourth-order valence-corrected chi connectivity index (χ4v) is 1.72. The van der Waals surface area contributed by atoms with Crippen LogP contribution in [0, 0.1) is 5.82 Å². The first-order chi connectivity index (χ1) is 8.02. The summed E-state index contributed by atoms with van der Waals surface area (Å²) in [5.41, 5.74) is 6.36. The second-order valence-corrected chi connectivity index (χ2v) is 4.77. The number of rotatable bonds is 6. The Morgan fingerprint density at radius 2 is 2.24 bits per heavy atom. The molecule has 2 nitrogen and oxygen atoms in total. The van der Waals surface area contributed by atoms with E-state index in [-0.39, 0.29) is 10.8 Å². The summed E-state index contributed by atoms with van der Waals surface area (Å²) in [6.45, 7) is 4.38. The van der Waals surface area contributed by atoms with Crippen LogP contribution < -0.4 is 5.73 Å². The van der Waals surface area contributed by atoms with Gasteiger partial charge in [0.15, 0.2) is 0 Å². The Bertz CT molecular complexity index is 398. The van der Waals surface area contributed by atoms with Gasteiger partial charge in [0, 0.05) is 19.5 Å². The molecule has 94 valence electrons. The predicted molar refractivity (Wildman–Crippen MR) is 73.8 cm³/mol. The lowest BCUT2D eigenvalue weighted by molar-refractivity contribution is 0.288. The van der Waals surface area contributed by atoms with E-state index < -0.39 is 0 Å². The van der Waals surface area contributed by atoms with Gasteiger partial charge in [-0.25, -0.2) is 4.39 Å². The van der Waals surface area contributed by atoms with Crippen LogP contribution in [0.4, 0.5) is 4.39 Å². The molecule has 0 fully saturated rings. The minimum atomic E-state index is -0.380. The Balaban J connectivity index is 2.60. The third-order valence-corrected chi connectivity index (χ3v) is 3.02. The first-order valence-corrected chi connectivity index (χ1v) is 6.26. The van der Waals surface area contributed by atoms with E-state index in [1.165, 1.54) is 6.07 Å². The van der Waals surface area contributed by atoms with Crippen molar-refractivity contribution in [1.82, 2.24) is 4.90 Å². The topological polar surface area (TPSA) is 29.3 Å². The maximum absolute atomic E-state index is 13.3. The van der Waals surface area contributed by atoms with Gasteiger partial charge in [0.2, 0.25) is 0 Å². The third kappa shape index (κ3) is 4.98. The van der Waals surface area contributed by atoms with Crippen molar-refractivity contribution in [3.05, 3.63) is 34.6 Å². The van der Waals surface area contributed by atoms with Gasteiger partial charge in [0.05, 0.1) is 10.0 Å². The number of benzene rings is 1. The normalized spacial score (nSPS) is 10.8. The summed E-state index contributed by atoms with van der Waals surface area (Å²) in [6.07, 6.45) is 0.680. The van der Waals surface area contributed by atoms with Crippen molar-refractivity contribution < 1.29 is 4.39 Å². The number of nitrogens with zero attached hydrogens (tertiary/aromatic N) is 1. The number of nitrogens with two attached hydrogens (primary N) is 1. The molecule has 0 heterocycles. The van der Waals surface area contributed by atoms with Gasteiger partial charge < -0.3 is 5.73 Å². The summed E-state index contributed by atoms with van der Waals surface area (Å²) in [6, 6.07) is 4.87. The summed E-state index contributed by atoms with van der Waals surface area (Å²) in [5, 5.41) is 0.153. The third-order valence-electron chi connectivity index (χ3n) is 2.51. The monoisotopic (exact) mass is 274 g/mol. The van der Waals surface area contributed by atoms with Crippen LogP contribution in [0.25, 0.3) is 0 Å². The van der Waals surface area contributed by atoms with Crippen LogP contribution in [0.3, 0.4) is 0 Å². The number of halogens is 2. The van der Waals surface area contributed by atoms with Crippen molar-refractivity contribution in [1.29, 1.82) is 0 Å². The highest BCUT2D eigenvalue weighted by atomic mass is 35.5. The Morgan fingerprint density at radius 1 is 1.53 bits per heavy atom. The molecular formula is C12H16ClFN2S. The van der Waals surface area contributed by atoms with Crippen molar-refractivity contribution in [3.8, 4) is 0 Å². The summed E-state index contributed by atoms with van der Waals surface area (Å²) >= 11 is 10.5. The van der Waals surface area contributed by atoms with Crippen LogP contribution >= 0.6 is 23.8 Å². The zero-order chi connectivity index (χ0) is 12.8. The smallest absolute Gasteiger partial charge is 0.142 e. The molecule has 0 unspecified atom stereocenters. The van der Waals surface area contributed by atoms with E-state index in [1.54, 1.807) is 6.07 Å². The first-order valence-electron chi connectivity index (χ1n) is 5.47. The number of thiocarbonyl (C=S) groups is 1. The molecular weight excluding hydrogens is 259 g/mol. The number of hydrogen-bond donors (Lipinski definition) is 1. The van der Waals surface area contributed by atoms with E-state index >= 15 is 0 Å². The molecule has 17 heavy (non-hydrogen) atoms. The lowest BCUT2D eigenvalue weighted by atomic mass is 10.2. The quantitative estimate of drug-likeness (QED) is 0.809. The predicted octanol–water partition coefficient (Wildman–Crippen LogP) is 2.98. The Labute approximate surface area is 112 Å². The van der Waals surface area contributed by atoms with Crippen LogP contribution in [0.15, 0.2) is 18.2 Å². The fourth-order valence-electron chi connectivity index (χ4n) is 1.51. The van der Waals surface area contributed by atoms with Gasteiger partial charge in [0.1, 0.15) is 5.82 Å². The summed E-state index contributed by atoms with van der Waals surface area (Å²) in [4.78, 5) is 2.66. The molecule has 1 aromatic carbocycles. The second kappa shape index (κ2) is 6.89. The van der Waals surface area contributed by atoms with E-state index in [1.807, 2.05) is 13.0 Å². The standard InChI is InChI=1S/C12H16ClFN2S/c1-2-16(6-5-12(15)17)8-9-3-4-10(13)11(14)7-9/h3-4,7H,2,5-6,8H2,1H3,(H2,15,17). The molecule has 1 aromatic rings. The largest absolute Gasteiger partial charge is 0.393 e. The molecule has 0 radical (unpaired) electrons. The molecule has 0 saturated carbocycles. The highest BCUT2D eigenvalue weighted by Crippen LogP contribution is 2.16. The maximum Gasteiger partial charge on any atom is 0.142 e. The SMILES string of the molecule is CCN(CCC(N)=S)Cc1ccc(Cl)c(F)c1. The molecule has 0 amide bonds. The van der Waals surface area contributed by atoms with Crippen LogP contribution in [0.5, 0.6) is 0 Å². The lowest BCUT2D eigenvalue weighted by Crippen LogP contribution is -2.27. The Hall–Kier alpha value is -0.710. The molecule has 5 heteroatoms. The van der Waals surface area contributed by atoms with Gasteiger partial charge in [-0.3, -0.25) is 4.90 Å². The molecule has 0 atom stereocenters. The van der Waals surface area contributed by atoms with Gasteiger partial charge >= 0.3 is 0 Å². The fraction of sp³-hybridized carbons (Fsp3) is 0.417. The second-order valence-electron chi connectivity index (χ2n) is 3.83. The maximum atomic E-state index is 13.3. The van der Waals surface area contributed by atoms with Crippen molar-refractivity contribution in [2.75, 3.05) is 13.1 Å². The molecule has 1 rings (SSSR count). The summed E-state index contributed by atoms with van der Waals surface area (Å²) < 4.78 is 13.3. The van der Waals surface area contributed by atoms with Crippen molar-refractivity contribution >= 4 is 28.8 Å².